The molecule has 16 heavy (non-hydrogen) atoms. The highest BCUT2D eigenvalue weighted by Crippen LogP contribution is 2.30. The van der Waals surface area contributed by atoms with Gasteiger partial charge in [0.15, 0.2) is 0 Å². The van der Waals surface area contributed by atoms with Crippen molar-refractivity contribution in [1.29, 1.82) is 0 Å². The number of fused-ring (bicyclic) bond motifs is 1. The summed E-state index contributed by atoms with van der Waals surface area (Å²) < 4.78 is 2.22. The summed E-state index contributed by atoms with van der Waals surface area (Å²) in [6, 6.07) is 0.672. The van der Waals surface area contributed by atoms with Crippen LogP contribution in [0, 0.1) is 0 Å². The Morgan fingerprint density at radius 2 is 2.00 bits per heavy atom. The van der Waals surface area contributed by atoms with Crippen LogP contribution in [0.3, 0.4) is 0 Å². The van der Waals surface area contributed by atoms with Crippen molar-refractivity contribution >= 4 is 18.1 Å². The second-order valence-corrected chi connectivity index (χ2v) is 4.79. The Balaban J connectivity index is 0.000000963. The minimum Gasteiger partial charge on any atom is -0.382 e. The zero-order valence-electron chi connectivity index (χ0n) is 9.61. The summed E-state index contributed by atoms with van der Waals surface area (Å²) in [5.41, 5.74) is 2.57. The maximum Gasteiger partial charge on any atom is 0.0856 e. The molecule has 3 rings (SSSR count). The molecule has 3 nitrogen and oxygen atoms in total. The van der Waals surface area contributed by atoms with E-state index in [4.69, 9.17) is 5.10 Å². The van der Waals surface area contributed by atoms with Gasteiger partial charge in [-0.3, -0.25) is 4.68 Å². The fourth-order valence-electron chi connectivity index (χ4n) is 2.77. The average molecular weight is 242 g/mol. The molecule has 0 saturated heterocycles. The molecule has 0 aromatic carbocycles. The number of hydrogen-bond donors (Lipinski definition) is 1. The van der Waals surface area contributed by atoms with E-state index in [0.717, 1.165) is 13.0 Å². The van der Waals surface area contributed by atoms with Crippen molar-refractivity contribution in [2.75, 3.05) is 11.9 Å². The first-order chi connectivity index (χ1) is 7.43. The number of aryl methyl sites for hydroxylation is 1. The summed E-state index contributed by atoms with van der Waals surface area (Å²) in [5.74, 6) is 0. The van der Waals surface area contributed by atoms with Crippen LogP contribution in [0.4, 0.5) is 5.69 Å². The summed E-state index contributed by atoms with van der Waals surface area (Å²) in [4.78, 5) is 0. The quantitative estimate of drug-likeness (QED) is 0.819. The van der Waals surface area contributed by atoms with Crippen LogP contribution in [0.2, 0.25) is 0 Å². The summed E-state index contributed by atoms with van der Waals surface area (Å²) in [7, 11) is 0. The summed E-state index contributed by atoms with van der Waals surface area (Å²) >= 11 is 0. The number of nitrogens with zero attached hydrogens (tertiary/aromatic N) is 2. The number of nitrogens with one attached hydrogen (secondary N) is 1. The van der Waals surface area contributed by atoms with E-state index in [2.05, 4.69) is 16.2 Å². The Kier molecular flexibility index (Phi) is 3.74. The Morgan fingerprint density at radius 1 is 1.19 bits per heavy atom. The molecule has 0 radical (unpaired) electrons. The number of aromatic nitrogens is 2. The van der Waals surface area contributed by atoms with Gasteiger partial charge in [-0.2, -0.15) is 5.10 Å². The molecule has 1 N–H and O–H groups in total. The van der Waals surface area contributed by atoms with Crippen molar-refractivity contribution in [3.63, 3.8) is 0 Å². The van der Waals surface area contributed by atoms with Crippen LogP contribution < -0.4 is 5.32 Å². The summed E-state index contributed by atoms with van der Waals surface area (Å²) in [5, 5.41) is 8.17. The molecule has 4 heteroatoms. The van der Waals surface area contributed by atoms with Gasteiger partial charge >= 0.3 is 0 Å². The maximum absolute atomic E-state index is 4.73. The molecular weight excluding hydrogens is 222 g/mol. The Labute approximate surface area is 103 Å². The van der Waals surface area contributed by atoms with Gasteiger partial charge in [0.1, 0.15) is 0 Å². The number of anilines is 1. The van der Waals surface area contributed by atoms with Gasteiger partial charge in [0.25, 0.3) is 0 Å². The van der Waals surface area contributed by atoms with E-state index < -0.39 is 0 Å². The van der Waals surface area contributed by atoms with Gasteiger partial charge < -0.3 is 5.32 Å². The lowest BCUT2D eigenvalue weighted by Crippen LogP contribution is -2.13. The monoisotopic (exact) mass is 241 g/mol. The lowest BCUT2D eigenvalue weighted by molar-refractivity contribution is 0.328. The third-order valence-electron chi connectivity index (χ3n) is 3.66. The van der Waals surface area contributed by atoms with E-state index in [1.54, 1.807) is 0 Å². The van der Waals surface area contributed by atoms with Crippen molar-refractivity contribution in [2.45, 2.75) is 51.0 Å². The minimum absolute atomic E-state index is 0. The Bertz CT molecular complexity index is 319. The third-order valence-corrected chi connectivity index (χ3v) is 3.66. The van der Waals surface area contributed by atoms with Crippen LogP contribution in [0.1, 0.15) is 50.3 Å². The zero-order valence-corrected chi connectivity index (χ0v) is 10.4. The molecular formula is C12H20ClN3. The van der Waals surface area contributed by atoms with Crippen molar-refractivity contribution in [3.05, 3.63) is 11.9 Å². The van der Waals surface area contributed by atoms with E-state index >= 15 is 0 Å². The second kappa shape index (κ2) is 5.09. The second-order valence-electron chi connectivity index (χ2n) is 4.79. The van der Waals surface area contributed by atoms with E-state index in [1.165, 1.54) is 49.9 Å². The van der Waals surface area contributed by atoms with Crippen molar-refractivity contribution < 1.29 is 0 Å². The molecule has 1 fully saturated rings. The fourth-order valence-corrected chi connectivity index (χ4v) is 2.77. The van der Waals surface area contributed by atoms with Gasteiger partial charge in [-0.1, -0.05) is 19.3 Å². The summed E-state index contributed by atoms with van der Waals surface area (Å²) in [6.45, 7) is 1.11. The Morgan fingerprint density at radius 3 is 2.75 bits per heavy atom. The lowest BCUT2D eigenvalue weighted by atomic mass is 9.96. The molecule has 90 valence electrons. The smallest absolute Gasteiger partial charge is 0.0856 e. The first-order valence-corrected chi connectivity index (χ1v) is 6.25. The molecule has 0 atom stereocenters. The number of halogens is 1. The SMILES string of the molecule is Cl.c1c2c(nn1C1CCCCC1)CCCN2. The molecule has 2 heterocycles. The van der Waals surface area contributed by atoms with Crippen LogP contribution in [0.15, 0.2) is 6.20 Å². The topological polar surface area (TPSA) is 29.9 Å². The molecule has 1 saturated carbocycles. The first-order valence-electron chi connectivity index (χ1n) is 6.25. The predicted octanol–water partition coefficient (Wildman–Crippen LogP) is 3.17. The molecule has 0 spiro atoms. The zero-order chi connectivity index (χ0) is 10.1. The minimum atomic E-state index is 0. The molecule has 0 amide bonds. The van der Waals surface area contributed by atoms with Crippen LogP contribution in [0.5, 0.6) is 0 Å². The van der Waals surface area contributed by atoms with Gasteiger partial charge in [-0.25, -0.2) is 0 Å². The molecule has 0 unspecified atom stereocenters. The van der Waals surface area contributed by atoms with E-state index in [-0.39, 0.29) is 12.4 Å². The van der Waals surface area contributed by atoms with Crippen molar-refractivity contribution in [1.82, 2.24) is 9.78 Å². The number of rotatable bonds is 1. The van der Waals surface area contributed by atoms with Gasteiger partial charge in [-0.15, -0.1) is 12.4 Å². The Hall–Kier alpha value is -0.700. The van der Waals surface area contributed by atoms with Crippen LogP contribution in [0.25, 0.3) is 0 Å². The number of hydrogen-bond acceptors (Lipinski definition) is 2. The highest BCUT2D eigenvalue weighted by atomic mass is 35.5. The first kappa shape index (κ1) is 11.8. The van der Waals surface area contributed by atoms with E-state index in [9.17, 15) is 0 Å². The molecule has 2 aliphatic rings. The van der Waals surface area contributed by atoms with Crippen LogP contribution >= 0.6 is 12.4 Å². The highest BCUT2D eigenvalue weighted by molar-refractivity contribution is 5.85. The van der Waals surface area contributed by atoms with Crippen molar-refractivity contribution in [2.24, 2.45) is 0 Å². The van der Waals surface area contributed by atoms with E-state index in [0.29, 0.717) is 6.04 Å². The lowest BCUT2D eigenvalue weighted by Gasteiger charge is -2.21. The predicted molar refractivity (Wildman–Crippen MR) is 68.4 cm³/mol. The van der Waals surface area contributed by atoms with Gasteiger partial charge in [0.2, 0.25) is 0 Å². The molecule has 1 aliphatic carbocycles. The standard InChI is InChI=1S/C12H19N3.ClH/c1-2-5-10(6-3-1)15-9-12-11(14-15)7-4-8-13-12;/h9-10,13H,1-8H2;1H. The molecule has 1 aromatic rings. The third kappa shape index (κ3) is 2.19. The average Bonchev–Trinajstić information content (AvgIpc) is 2.74. The highest BCUT2D eigenvalue weighted by Gasteiger charge is 2.19. The maximum atomic E-state index is 4.73. The van der Waals surface area contributed by atoms with Gasteiger partial charge in [0, 0.05) is 12.7 Å². The fraction of sp³-hybridized carbons (Fsp3) is 0.750. The van der Waals surface area contributed by atoms with Gasteiger partial charge in [-0.05, 0) is 25.7 Å². The largest absolute Gasteiger partial charge is 0.382 e. The molecule has 1 aliphatic heterocycles. The van der Waals surface area contributed by atoms with Crippen LogP contribution in [-0.2, 0) is 6.42 Å². The molecule has 0 bridgehead atoms. The van der Waals surface area contributed by atoms with E-state index in [1.807, 2.05) is 0 Å². The summed E-state index contributed by atoms with van der Waals surface area (Å²) in [6.07, 6.45) is 11.4. The molecule has 1 aromatic heterocycles. The van der Waals surface area contributed by atoms with Crippen molar-refractivity contribution in [3.8, 4) is 0 Å². The van der Waals surface area contributed by atoms with Gasteiger partial charge in [0.05, 0.1) is 17.4 Å². The normalized spacial score (nSPS) is 20.8. The van der Waals surface area contributed by atoms with Crippen LogP contribution in [-0.4, -0.2) is 16.3 Å².